The van der Waals surface area contributed by atoms with Crippen molar-refractivity contribution in [3.05, 3.63) is 0 Å². The van der Waals surface area contributed by atoms with Crippen LogP contribution in [0.25, 0.3) is 0 Å². The van der Waals surface area contributed by atoms with Crippen LogP contribution < -0.4 is 5.73 Å². The largest absolute Gasteiger partial charge is 0.480 e. The fraction of sp³-hybridized carbons (Fsp3) is 0.667. The molecule has 0 saturated heterocycles. The molecule has 0 aliphatic rings. The fourth-order valence-electron chi connectivity index (χ4n) is 0.581. The van der Waals surface area contributed by atoms with Crippen LogP contribution in [0.3, 0.4) is 0 Å². The normalized spacial score (nSPS) is 14.1. The lowest BCUT2D eigenvalue weighted by Crippen LogP contribution is -2.39. The topological polar surface area (TPSA) is 84.9 Å². The highest BCUT2D eigenvalue weighted by molar-refractivity contribution is 7.99. The molecule has 6 heteroatoms. The van der Waals surface area contributed by atoms with Crippen molar-refractivity contribution in [2.75, 3.05) is 19.1 Å². The maximum absolute atomic E-state index is 10.4. The van der Waals surface area contributed by atoms with Crippen molar-refractivity contribution in [3.63, 3.8) is 0 Å². The first kappa shape index (κ1) is 11.2. The number of thioether (sulfide) groups is 1. The summed E-state index contributed by atoms with van der Waals surface area (Å²) in [7, 11) is 1.36. The molecule has 70 valence electrons. The average molecular weight is 192 g/mol. The van der Waals surface area contributed by atoms with Gasteiger partial charge >= 0.3 is 5.97 Å². The molecule has 0 heterocycles. The van der Waals surface area contributed by atoms with Crippen molar-refractivity contribution in [1.82, 2.24) is 0 Å². The zero-order valence-corrected chi connectivity index (χ0v) is 7.80. The second-order valence-electron chi connectivity index (χ2n) is 2.01. The Morgan fingerprint density at radius 2 is 2.42 bits per heavy atom. The maximum atomic E-state index is 10.4. The second kappa shape index (κ2) is 5.84. The Labute approximate surface area is 74.9 Å². The number of hydrogen-bond donors (Lipinski definition) is 2. The van der Waals surface area contributed by atoms with Crippen LogP contribution in [0.2, 0.25) is 0 Å². The number of nitrogens with two attached hydrogens (primary N) is 1. The number of carboxylic acid groups (broad SMARTS) is 1. The van der Waals surface area contributed by atoms with Crippen molar-refractivity contribution in [2.45, 2.75) is 6.04 Å². The lowest BCUT2D eigenvalue weighted by Gasteiger charge is -2.07. The van der Waals surface area contributed by atoms with Gasteiger partial charge in [-0.3, -0.25) is 4.79 Å². The quantitative estimate of drug-likeness (QED) is 0.464. The highest BCUT2D eigenvalue weighted by atomic mass is 32.2. The third kappa shape index (κ3) is 3.59. The molecule has 3 N–H and O–H groups in total. The standard InChI is InChI=1S/C6H12N2O3S/c1-11-8-4(3-12-2)5(7)6(9)10/h5H,3,7H2,1-2H3,(H,9,10)/b8-4+. The highest BCUT2D eigenvalue weighted by Gasteiger charge is 2.18. The minimum atomic E-state index is -1.10. The predicted molar refractivity (Wildman–Crippen MR) is 48.4 cm³/mol. The Hall–Kier alpha value is -0.750. The van der Waals surface area contributed by atoms with E-state index in [-0.39, 0.29) is 0 Å². The van der Waals surface area contributed by atoms with Gasteiger partial charge in [0.1, 0.15) is 13.2 Å². The molecule has 5 nitrogen and oxygen atoms in total. The van der Waals surface area contributed by atoms with Crippen molar-refractivity contribution in [3.8, 4) is 0 Å². The number of rotatable bonds is 5. The number of carboxylic acids is 1. The maximum Gasteiger partial charge on any atom is 0.326 e. The molecule has 0 aromatic rings. The molecular formula is C6H12N2O3S. The van der Waals surface area contributed by atoms with E-state index < -0.39 is 12.0 Å². The minimum Gasteiger partial charge on any atom is -0.480 e. The van der Waals surface area contributed by atoms with Crippen LogP contribution in [-0.4, -0.2) is 41.9 Å². The van der Waals surface area contributed by atoms with E-state index in [1.807, 2.05) is 6.26 Å². The van der Waals surface area contributed by atoms with Gasteiger partial charge in [-0.25, -0.2) is 0 Å². The van der Waals surface area contributed by atoms with Crippen LogP contribution >= 0.6 is 11.8 Å². The van der Waals surface area contributed by atoms with E-state index in [4.69, 9.17) is 10.8 Å². The van der Waals surface area contributed by atoms with Gasteiger partial charge in [0.25, 0.3) is 0 Å². The molecule has 12 heavy (non-hydrogen) atoms. The van der Waals surface area contributed by atoms with E-state index in [0.29, 0.717) is 11.5 Å². The summed E-state index contributed by atoms with van der Waals surface area (Å²) in [5.41, 5.74) is 5.64. The molecule has 0 spiro atoms. The van der Waals surface area contributed by atoms with Crippen LogP contribution in [0.5, 0.6) is 0 Å². The lowest BCUT2D eigenvalue weighted by molar-refractivity contribution is -0.136. The van der Waals surface area contributed by atoms with Crippen molar-refractivity contribution < 1.29 is 14.7 Å². The summed E-state index contributed by atoms with van der Waals surface area (Å²) < 4.78 is 0. The number of nitrogens with zero attached hydrogens (tertiary/aromatic N) is 1. The van der Waals surface area contributed by atoms with Gasteiger partial charge < -0.3 is 15.7 Å². The number of carbonyl (C=O) groups is 1. The molecule has 1 unspecified atom stereocenters. The molecule has 0 rings (SSSR count). The van der Waals surface area contributed by atoms with Crippen LogP contribution in [0, 0.1) is 0 Å². The number of oxime groups is 1. The first-order valence-electron chi connectivity index (χ1n) is 3.20. The molecule has 0 aliphatic carbocycles. The summed E-state index contributed by atoms with van der Waals surface area (Å²) in [6.45, 7) is 0. The summed E-state index contributed by atoms with van der Waals surface area (Å²) in [5.74, 6) is -0.638. The molecule has 1 atom stereocenters. The average Bonchev–Trinajstić information content (AvgIpc) is 2.03. The Kier molecular flexibility index (Phi) is 5.48. The van der Waals surface area contributed by atoms with E-state index in [9.17, 15) is 4.79 Å². The van der Waals surface area contributed by atoms with Gasteiger partial charge in [0, 0.05) is 5.75 Å². The molecule has 0 amide bonds. The summed E-state index contributed by atoms with van der Waals surface area (Å²) in [5, 5.41) is 12.1. The van der Waals surface area contributed by atoms with E-state index in [1.165, 1.54) is 18.9 Å². The first-order valence-corrected chi connectivity index (χ1v) is 4.60. The lowest BCUT2D eigenvalue weighted by atomic mass is 10.2. The summed E-state index contributed by atoms with van der Waals surface area (Å²) in [6.07, 6.45) is 1.83. The smallest absolute Gasteiger partial charge is 0.326 e. The molecule has 0 radical (unpaired) electrons. The fourth-order valence-corrected chi connectivity index (χ4v) is 1.11. The zero-order valence-electron chi connectivity index (χ0n) is 6.98. The Morgan fingerprint density at radius 3 is 2.75 bits per heavy atom. The van der Waals surface area contributed by atoms with E-state index in [2.05, 4.69) is 9.99 Å². The SMILES string of the molecule is CO/N=C(\CSC)C(N)C(=O)O. The van der Waals surface area contributed by atoms with Gasteiger partial charge in [0.05, 0.1) is 5.71 Å². The van der Waals surface area contributed by atoms with E-state index >= 15 is 0 Å². The predicted octanol–water partition coefficient (Wildman–Crippen LogP) is -0.236. The van der Waals surface area contributed by atoms with Crippen LogP contribution in [-0.2, 0) is 9.63 Å². The van der Waals surface area contributed by atoms with Gasteiger partial charge in [0.15, 0.2) is 0 Å². The van der Waals surface area contributed by atoms with Crippen molar-refractivity contribution in [2.24, 2.45) is 10.9 Å². The Morgan fingerprint density at radius 1 is 1.83 bits per heavy atom. The third-order valence-corrected chi connectivity index (χ3v) is 1.71. The number of aliphatic carboxylic acids is 1. The summed E-state index contributed by atoms with van der Waals surface area (Å²) in [4.78, 5) is 14.9. The van der Waals surface area contributed by atoms with Gasteiger partial charge in [-0.1, -0.05) is 5.16 Å². The third-order valence-electron chi connectivity index (χ3n) is 1.13. The number of hydrogen-bond acceptors (Lipinski definition) is 5. The summed E-state index contributed by atoms with van der Waals surface area (Å²) in [6, 6.07) is -1.07. The monoisotopic (exact) mass is 192 g/mol. The summed E-state index contributed by atoms with van der Waals surface area (Å²) >= 11 is 1.44. The van der Waals surface area contributed by atoms with Crippen LogP contribution in [0.15, 0.2) is 5.16 Å². The zero-order chi connectivity index (χ0) is 9.56. The highest BCUT2D eigenvalue weighted by Crippen LogP contribution is 1.98. The first-order chi connectivity index (χ1) is 5.63. The van der Waals surface area contributed by atoms with Gasteiger partial charge in [0.2, 0.25) is 0 Å². The van der Waals surface area contributed by atoms with Gasteiger partial charge in [-0.05, 0) is 6.26 Å². The van der Waals surface area contributed by atoms with Crippen molar-refractivity contribution in [1.29, 1.82) is 0 Å². The van der Waals surface area contributed by atoms with E-state index in [1.54, 1.807) is 0 Å². The van der Waals surface area contributed by atoms with Gasteiger partial charge in [-0.2, -0.15) is 11.8 Å². The molecule has 0 bridgehead atoms. The second-order valence-corrected chi connectivity index (χ2v) is 2.88. The molecular weight excluding hydrogens is 180 g/mol. The molecule has 0 saturated carbocycles. The Bertz CT molecular complexity index is 184. The minimum absolute atomic E-state index is 0.331. The molecule has 0 aromatic carbocycles. The molecule has 0 aliphatic heterocycles. The van der Waals surface area contributed by atoms with Crippen LogP contribution in [0.4, 0.5) is 0 Å². The van der Waals surface area contributed by atoms with Crippen LogP contribution in [0.1, 0.15) is 0 Å². The molecule has 0 fully saturated rings. The molecule has 0 aromatic heterocycles. The van der Waals surface area contributed by atoms with Gasteiger partial charge in [-0.15, -0.1) is 0 Å². The van der Waals surface area contributed by atoms with Crippen molar-refractivity contribution >= 4 is 23.4 Å². The Balaban J connectivity index is 4.29. The van der Waals surface area contributed by atoms with E-state index in [0.717, 1.165) is 0 Å².